The topological polar surface area (TPSA) is 49.5 Å². The minimum atomic E-state index is -0.600. The van der Waals surface area contributed by atoms with Gasteiger partial charge in [0.25, 0.3) is 0 Å². The van der Waals surface area contributed by atoms with Gasteiger partial charge in [0.1, 0.15) is 0 Å². The van der Waals surface area contributed by atoms with Crippen LogP contribution in [0, 0.1) is 0 Å². The van der Waals surface area contributed by atoms with E-state index in [1.807, 2.05) is 38.4 Å². The molecule has 0 heterocycles. The van der Waals surface area contributed by atoms with Gasteiger partial charge in [-0.3, -0.25) is 0 Å². The number of aliphatic hydroxyl groups is 1. The first-order valence-electron chi connectivity index (χ1n) is 5.34. The molecule has 0 aliphatic heterocycles. The van der Waals surface area contributed by atoms with Crippen LogP contribution in [0.3, 0.4) is 0 Å². The zero-order valence-electron chi connectivity index (χ0n) is 9.73. The molecule has 2 atom stereocenters. The van der Waals surface area contributed by atoms with Gasteiger partial charge in [-0.1, -0.05) is 28.1 Å². The number of aliphatic hydroxyl groups excluding tert-OH is 1. The van der Waals surface area contributed by atoms with Crippen molar-refractivity contribution in [2.24, 2.45) is 5.73 Å². The van der Waals surface area contributed by atoms with Gasteiger partial charge in [-0.2, -0.15) is 0 Å². The van der Waals surface area contributed by atoms with Crippen LogP contribution in [0.2, 0.25) is 0 Å². The molecule has 0 radical (unpaired) electrons. The minimum absolute atomic E-state index is 0.225. The van der Waals surface area contributed by atoms with Crippen molar-refractivity contribution in [1.29, 1.82) is 0 Å². The van der Waals surface area contributed by atoms with Crippen molar-refractivity contribution < 1.29 is 5.11 Å². The van der Waals surface area contributed by atoms with Gasteiger partial charge < -0.3 is 15.7 Å². The molecule has 4 heteroatoms. The molecule has 3 N–H and O–H groups in total. The number of halogens is 1. The van der Waals surface area contributed by atoms with E-state index < -0.39 is 6.10 Å². The Morgan fingerprint density at radius 1 is 1.44 bits per heavy atom. The van der Waals surface area contributed by atoms with Gasteiger partial charge in [-0.05, 0) is 44.8 Å². The maximum atomic E-state index is 10.1. The van der Waals surface area contributed by atoms with E-state index in [1.165, 1.54) is 0 Å². The molecule has 16 heavy (non-hydrogen) atoms. The highest BCUT2D eigenvalue weighted by atomic mass is 79.9. The lowest BCUT2D eigenvalue weighted by Gasteiger charge is -2.21. The minimum Gasteiger partial charge on any atom is -0.387 e. The Labute approximate surface area is 105 Å². The summed E-state index contributed by atoms with van der Waals surface area (Å²) in [6, 6.07) is 7.41. The number of nitrogens with two attached hydrogens (primary N) is 1. The van der Waals surface area contributed by atoms with Crippen LogP contribution in [0.25, 0.3) is 0 Å². The van der Waals surface area contributed by atoms with Crippen LogP contribution in [0.4, 0.5) is 0 Å². The Kier molecular flexibility index (Phi) is 5.41. The quantitative estimate of drug-likeness (QED) is 0.867. The molecule has 0 aromatic heterocycles. The highest BCUT2D eigenvalue weighted by molar-refractivity contribution is 9.10. The molecule has 1 aromatic rings. The summed E-state index contributed by atoms with van der Waals surface area (Å²) in [6.07, 6.45) is 0.179. The molecule has 1 aromatic carbocycles. The maximum absolute atomic E-state index is 10.1. The van der Waals surface area contributed by atoms with Gasteiger partial charge in [0.15, 0.2) is 0 Å². The summed E-state index contributed by atoms with van der Waals surface area (Å²) in [7, 11) is 4.00. The summed E-state index contributed by atoms with van der Waals surface area (Å²) >= 11 is 3.38. The van der Waals surface area contributed by atoms with Gasteiger partial charge in [0.05, 0.1) is 6.10 Å². The van der Waals surface area contributed by atoms with Crippen molar-refractivity contribution in [2.75, 3.05) is 20.6 Å². The third-order valence-corrected chi connectivity index (χ3v) is 3.00. The van der Waals surface area contributed by atoms with Crippen LogP contribution >= 0.6 is 15.9 Å². The lowest BCUT2D eigenvalue weighted by atomic mass is 10.0. The van der Waals surface area contributed by atoms with Gasteiger partial charge in [0.2, 0.25) is 0 Å². The van der Waals surface area contributed by atoms with Crippen LogP contribution in [0.5, 0.6) is 0 Å². The second-order valence-electron chi connectivity index (χ2n) is 4.26. The fraction of sp³-hybridized carbons (Fsp3) is 0.500. The fourth-order valence-corrected chi connectivity index (χ4v) is 1.92. The van der Waals surface area contributed by atoms with Crippen LogP contribution in [-0.4, -0.2) is 36.7 Å². The summed E-state index contributed by atoms with van der Waals surface area (Å²) in [5, 5.41) is 10.1. The molecule has 0 spiro atoms. The second kappa shape index (κ2) is 6.35. The SMILES string of the molecule is CN(C)CCC(N)C(O)c1cccc(Br)c1. The summed E-state index contributed by atoms with van der Waals surface area (Å²) in [5.41, 5.74) is 6.82. The summed E-state index contributed by atoms with van der Waals surface area (Å²) < 4.78 is 0.962. The molecule has 0 aliphatic carbocycles. The number of hydrogen-bond donors (Lipinski definition) is 2. The fourth-order valence-electron chi connectivity index (χ4n) is 1.50. The molecular weight excluding hydrogens is 268 g/mol. The molecule has 90 valence electrons. The maximum Gasteiger partial charge on any atom is 0.0941 e. The monoisotopic (exact) mass is 286 g/mol. The average molecular weight is 287 g/mol. The van der Waals surface area contributed by atoms with E-state index in [9.17, 15) is 5.11 Å². The summed E-state index contributed by atoms with van der Waals surface area (Å²) in [5.74, 6) is 0. The van der Waals surface area contributed by atoms with Crippen LogP contribution in [-0.2, 0) is 0 Å². The zero-order chi connectivity index (χ0) is 12.1. The molecule has 0 saturated heterocycles. The normalized spacial score (nSPS) is 15.1. The molecule has 0 saturated carbocycles. The first-order chi connectivity index (χ1) is 7.50. The Hall–Kier alpha value is -0.420. The lowest BCUT2D eigenvalue weighted by Crippen LogP contribution is -2.32. The third-order valence-electron chi connectivity index (χ3n) is 2.51. The van der Waals surface area contributed by atoms with Gasteiger partial charge in [0, 0.05) is 10.5 Å². The molecule has 0 amide bonds. The Morgan fingerprint density at radius 2 is 2.12 bits per heavy atom. The number of rotatable bonds is 5. The third kappa shape index (κ3) is 4.22. The van der Waals surface area contributed by atoms with Crippen LogP contribution in [0.15, 0.2) is 28.7 Å². The Balaban J connectivity index is 2.59. The van der Waals surface area contributed by atoms with Crippen LogP contribution in [0.1, 0.15) is 18.1 Å². The molecule has 0 bridgehead atoms. The molecule has 1 rings (SSSR count). The van der Waals surface area contributed by atoms with E-state index in [0.29, 0.717) is 0 Å². The second-order valence-corrected chi connectivity index (χ2v) is 5.17. The van der Waals surface area contributed by atoms with Crippen molar-refractivity contribution in [3.63, 3.8) is 0 Å². The first kappa shape index (κ1) is 13.6. The first-order valence-corrected chi connectivity index (χ1v) is 6.14. The van der Waals surface area contributed by atoms with E-state index in [4.69, 9.17) is 5.73 Å². The van der Waals surface area contributed by atoms with Crippen molar-refractivity contribution in [1.82, 2.24) is 4.90 Å². The van der Waals surface area contributed by atoms with Crippen LogP contribution < -0.4 is 5.73 Å². The number of nitrogens with zero attached hydrogens (tertiary/aromatic N) is 1. The zero-order valence-corrected chi connectivity index (χ0v) is 11.3. The highest BCUT2D eigenvalue weighted by Crippen LogP contribution is 2.21. The largest absolute Gasteiger partial charge is 0.387 e. The predicted octanol–water partition coefficient (Wildman–Crippen LogP) is 1.76. The average Bonchev–Trinajstić information content (AvgIpc) is 2.24. The lowest BCUT2D eigenvalue weighted by molar-refractivity contribution is 0.137. The van der Waals surface area contributed by atoms with E-state index in [1.54, 1.807) is 0 Å². The molecule has 2 unspecified atom stereocenters. The van der Waals surface area contributed by atoms with E-state index >= 15 is 0 Å². The van der Waals surface area contributed by atoms with Crippen molar-refractivity contribution in [2.45, 2.75) is 18.6 Å². The number of hydrogen-bond acceptors (Lipinski definition) is 3. The Morgan fingerprint density at radius 3 is 2.69 bits per heavy atom. The van der Waals surface area contributed by atoms with Gasteiger partial charge >= 0.3 is 0 Å². The smallest absolute Gasteiger partial charge is 0.0941 e. The predicted molar refractivity (Wildman–Crippen MR) is 70.2 cm³/mol. The summed E-state index contributed by atoms with van der Waals surface area (Å²) in [4.78, 5) is 2.06. The van der Waals surface area contributed by atoms with Gasteiger partial charge in [-0.25, -0.2) is 0 Å². The van der Waals surface area contributed by atoms with E-state index in [0.717, 1.165) is 23.0 Å². The molecule has 0 fully saturated rings. The Bertz CT molecular complexity index is 331. The van der Waals surface area contributed by atoms with E-state index in [2.05, 4.69) is 20.8 Å². The number of benzene rings is 1. The van der Waals surface area contributed by atoms with E-state index in [-0.39, 0.29) is 6.04 Å². The van der Waals surface area contributed by atoms with Crippen molar-refractivity contribution >= 4 is 15.9 Å². The summed E-state index contributed by atoms with van der Waals surface area (Å²) in [6.45, 7) is 0.881. The van der Waals surface area contributed by atoms with Crippen molar-refractivity contribution in [3.05, 3.63) is 34.3 Å². The van der Waals surface area contributed by atoms with Crippen molar-refractivity contribution in [3.8, 4) is 0 Å². The molecule has 0 aliphatic rings. The molecule has 3 nitrogen and oxygen atoms in total. The molecular formula is C12H19BrN2O. The highest BCUT2D eigenvalue weighted by Gasteiger charge is 2.16. The standard InChI is InChI=1S/C12H19BrN2O/c1-15(2)7-6-11(14)12(16)9-4-3-5-10(13)8-9/h3-5,8,11-12,16H,6-7,14H2,1-2H3. The van der Waals surface area contributed by atoms with Gasteiger partial charge in [-0.15, -0.1) is 0 Å².